The van der Waals surface area contributed by atoms with Crippen molar-refractivity contribution in [2.24, 2.45) is 17.1 Å². The largest absolute Gasteiger partial charge is 0.355 e. The first-order valence-electron chi connectivity index (χ1n) is 7.10. The van der Waals surface area contributed by atoms with Crippen molar-refractivity contribution in [2.75, 3.05) is 18.9 Å². The van der Waals surface area contributed by atoms with Gasteiger partial charge < -0.3 is 16.4 Å². The van der Waals surface area contributed by atoms with E-state index in [1.807, 2.05) is 0 Å². The van der Waals surface area contributed by atoms with Crippen molar-refractivity contribution >= 4 is 17.5 Å². The molecule has 116 valence electrons. The summed E-state index contributed by atoms with van der Waals surface area (Å²) in [6.07, 6.45) is 0.728. The number of nitrogens with one attached hydrogen (secondary N) is 2. The zero-order valence-electron chi connectivity index (χ0n) is 13.2. The van der Waals surface area contributed by atoms with Crippen molar-refractivity contribution < 1.29 is 9.59 Å². The molecule has 0 saturated heterocycles. The van der Waals surface area contributed by atoms with Crippen LogP contribution in [0.15, 0.2) is 24.3 Å². The minimum Gasteiger partial charge on any atom is -0.355 e. The van der Waals surface area contributed by atoms with Crippen molar-refractivity contribution in [1.29, 1.82) is 0 Å². The summed E-state index contributed by atoms with van der Waals surface area (Å²) >= 11 is 0. The third kappa shape index (κ3) is 5.55. The summed E-state index contributed by atoms with van der Waals surface area (Å²) in [6, 6.07) is 6.78. The minimum absolute atomic E-state index is 0.0461. The summed E-state index contributed by atoms with van der Waals surface area (Å²) in [5.74, 6) is -0.454. The van der Waals surface area contributed by atoms with Gasteiger partial charge in [-0.25, -0.2) is 0 Å². The number of benzene rings is 1. The summed E-state index contributed by atoms with van der Waals surface area (Å²) in [7, 11) is 1.58. The molecule has 0 heterocycles. The first kappa shape index (κ1) is 17.2. The Morgan fingerprint density at radius 2 is 1.76 bits per heavy atom. The molecule has 1 unspecified atom stereocenters. The average molecular weight is 291 g/mol. The predicted octanol–water partition coefficient (Wildman–Crippen LogP) is 2.00. The molecule has 1 atom stereocenters. The van der Waals surface area contributed by atoms with Crippen LogP contribution in [0.5, 0.6) is 0 Å². The molecule has 1 aromatic rings. The molecule has 1 rings (SSSR count). The molecule has 21 heavy (non-hydrogen) atoms. The molecule has 1 aromatic carbocycles. The maximum atomic E-state index is 12.2. The molecule has 0 aromatic heterocycles. The molecule has 0 aliphatic heterocycles. The Morgan fingerprint density at radius 3 is 2.19 bits per heavy atom. The van der Waals surface area contributed by atoms with Crippen LogP contribution in [0.25, 0.3) is 0 Å². The minimum atomic E-state index is -0.219. The normalized spacial score (nSPS) is 12.6. The fraction of sp³-hybridized carbons (Fsp3) is 0.500. The van der Waals surface area contributed by atoms with Crippen molar-refractivity contribution in [1.82, 2.24) is 5.32 Å². The molecule has 0 saturated carbocycles. The highest BCUT2D eigenvalue weighted by Crippen LogP contribution is 2.24. The second kappa shape index (κ2) is 7.22. The summed E-state index contributed by atoms with van der Waals surface area (Å²) in [5, 5.41) is 5.40. The fourth-order valence-electron chi connectivity index (χ4n) is 2.12. The van der Waals surface area contributed by atoms with Crippen LogP contribution < -0.4 is 16.4 Å². The van der Waals surface area contributed by atoms with Crippen molar-refractivity contribution in [2.45, 2.75) is 27.2 Å². The lowest BCUT2D eigenvalue weighted by atomic mass is 9.84. The lowest BCUT2D eigenvalue weighted by Gasteiger charge is -2.24. The van der Waals surface area contributed by atoms with Gasteiger partial charge in [-0.1, -0.05) is 20.8 Å². The van der Waals surface area contributed by atoms with Crippen LogP contribution in [0.1, 0.15) is 37.6 Å². The first-order chi connectivity index (χ1) is 9.76. The monoisotopic (exact) mass is 291 g/mol. The molecular formula is C16H25N3O2. The highest BCUT2D eigenvalue weighted by molar-refractivity contribution is 5.96. The van der Waals surface area contributed by atoms with Crippen LogP contribution in [0.4, 0.5) is 5.69 Å². The van der Waals surface area contributed by atoms with Gasteiger partial charge in [-0.2, -0.15) is 0 Å². The molecule has 2 amide bonds. The van der Waals surface area contributed by atoms with Crippen LogP contribution in [0, 0.1) is 11.3 Å². The summed E-state index contributed by atoms with van der Waals surface area (Å²) in [5.41, 5.74) is 6.97. The molecule has 0 bridgehead atoms. The van der Waals surface area contributed by atoms with Crippen molar-refractivity contribution in [3.63, 3.8) is 0 Å². The summed E-state index contributed by atoms with van der Waals surface area (Å²) in [4.78, 5) is 23.7. The lowest BCUT2D eigenvalue weighted by molar-refractivity contribution is -0.120. The number of rotatable bonds is 5. The Bertz CT molecular complexity index is 489. The quantitative estimate of drug-likeness (QED) is 0.775. The van der Waals surface area contributed by atoms with Crippen LogP contribution in [0.2, 0.25) is 0 Å². The molecule has 4 N–H and O–H groups in total. The molecular weight excluding hydrogens is 266 g/mol. The lowest BCUT2D eigenvalue weighted by Crippen LogP contribution is -2.32. The van der Waals surface area contributed by atoms with Gasteiger partial charge in [-0.3, -0.25) is 9.59 Å². The first-order valence-corrected chi connectivity index (χ1v) is 7.10. The zero-order chi connectivity index (χ0) is 16.0. The van der Waals surface area contributed by atoms with E-state index in [-0.39, 0.29) is 23.1 Å². The molecule has 0 aliphatic carbocycles. The van der Waals surface area contributed by atoms with Gasteiger partial charge >= 0.3 is 0 Å². The van der Waals surface area contributed by atoms with Gasteiger partial charge in [-0.15, -0.1) is 0 Å². The Labute approximate surface area is 126 Å². The van der Waals surface area contributed by atoms with E-state index in [0.717, 1.165) is 6.42 Å². The standard InChI is InChI=1S/C16H25N3O2/c1-16(2,3)9-12(10-17)15(21)19-13-7-5-11(6-8-13)14(20)18-4/h5-8,12H,9-10,17H2,1-4H3,(H,18,20)(H,19,21). The number of hydrogen-bond acceptors (Lipinski definition) is 3. The van der Waals surface area contributed by atoms with Crippen LogP contribution >= 0.6 is 0 Å². The Balaban J connectivity index is 2.71. The Hall–Kier alpha value is -1.88. The maximum Gasteiger partial charge on any atom is 0.251 e. The van der Waals surface area contributed by atoms with E-state index in [1.165, 1.54) is 0 Å². The van der Waals surface area contributed by atoms with E-state index in [4.69, 9.17) is 5.73 Å². The van der Waals surface area contributed by atoms with Gasteiger partial charge in [-0.05, 0) is 36.1 Å². The maximum absolute atomic E-state index is 12.2. The Kier molecular flexibility index (Phi) is 5.90. The molecule has 0 spiro atoms. The molecule has 5 heteroatoms. The van der Waals surface area contributed by atoms with E-state index >= 15 is 0 Å². The third-order valence-corrected chi connectivity index (χ3v) is 3.16. The van der Waals surface area contributed by atoms with Gasteiger partial charge in [0.25, 0.3) is 5.91 Å². The molecule has 5 nitrogen and oxygen atoms in total. The van der Waals surface area contributed by atoms with Gasteiger partial charge in [0.1, 0.15) is 0 Å². The van der Waals surface area contributed by atoms with E-state index in [9.17, 15) is 9.59 Å². The Morgan fingerprint density at radius 1 is 1.19 bits per heavy atom. The second-order valence-electron chi connectivity index (χ2n) is 6.34. The number of carbonyl (C=O) groups is 2. The van der Waals surface area contributed by atoms with Crippen LogP contribution in [0.3, 0.4) is 0 Å². The summed E-state index contributed by atoms with van der Waals surface area (Å²) in [6.45, 7) is 6.57. The molecule has 0 fully saturated rings. The highest BCUT2D eigenvalue weighted by atomic mass is 16.2. The number of hydrogen-bond donors (Lipinski definition) is 3. The van der Waals surface area contributed by atoms with Gasteiger partial charge in [0.2, 0.25) is 5.91 Å². The smallest absolute Gasteiger partial charge is 0.251 e. The summed E-state index contributed by atoms with van der Waals surface area (Å²) < 4.78 is 0. The van der Waals surface area contributed by atoms with Crippen molar-refractivity contribution in [3.8, 4) is 0 Å². The molecule has 0 aliphatic rings. The SMILES string of the molecule is CNC(=O)c1ccc(NC(=O)C(CN)CC(C)(C)C)cc1. The average Bonchev–Trinajstić information content (AvgIpc) is 2.43. The fourth-order valence-corrected chi connectivity index (χ4v) is 2.12. The van der Waals surface area contributed by atoms with E-state index in [2.05, 4.69) is 31.4 Å². The zero-order valence-corrected chi connectivity index (χ0v) is 13.2. The number of anilines is 1. The topological polar surface area (TPSA) is 84.2 Å². The van der Waals surface area contributed by atoms with Crippen molar-refractivity contribution in [3.05, 3.63) is 29.8 Å². The highest BCUT2D eigenvalue weighted by Gasteiger charge is 2.23. The number of amides is 2. The predicted molar refractivity (Wildman–Crippen MR) is 85.1 cm³/mol. The molecule has 0 radical (unpaired) electrons. The third-order valence-electron chi connectivity index (χ3n) is 3.16. The van der Waals surface area contributed by atoms with E-state index in [1.54, 1.807) is 31.3 Å². The van der Waals surface area contributed by atoms with Crippen LogP contribution in [-0.4, -0.2) is 25.4 Å². The number of nitrogens with two attached hydrogens (primary N) is 1. The van der Waals surface area contributed by atoms with Gasteiger partial charge in [0.05, 0.1) is 5.92 Å². The number of carbonyl (C=O) groups excluding carboxylic acids is 2. The van der Waals surface area contributed by atoms with Crippen LogP contribution in [-0.2, 0) is 4.79 Å². The van der Waals surface area contributed by atoms with E-state index in [0.29, 0.717) is 17.8 Å². The van der Waals surface area contributed by atoms with Gasteiger partial charge in [0, 0.05) is 24.8 Å². The second-order valence-corrected chi connectivity index (χ2v) is 6.34. The van der Waals surface area contributed by atoms with E-state index < -0.39 is 0 Å². The van der Waals surface area contributed by atoms with Gasteiger partial charge in [0.15, 0.2) is 0 Å².